The number of aromatic nitrogens is 17. The number of para-hydroxylation sites is 6. The first-order valence-electron chi connectivity index (χ1n) is 31.9. The van der Waals surface area contributed by atoms with E-state index in [2.05, 4.69) is 126 Å². The molecule has 0 saturated carbocycles. The van der Waals surface area contributed by atoms with E-state index in [9.17, 15) is 0 Å². The first-order valence-corrected chi connectivity index (χ1v) is 35.1. The molecule has 20 nitrogen and oxygen atoms in total. The summed E-state index contributed by atoms with van der Waals surface area (Å²) in [5.41, 5.74) is 13.6. The quantitative estimate of drug-likeness (QED) is 0.143. The van der Waals surface area contributed by atoms with Gasteiger partial charge >= 0.3 is 0 Å². The average Bonchev–Trinajstić information content (AvgIpc) is 1.29. The van der Waals surface area contributed by atoms with Gasteiger partial charge in [0.05, 0.1) is 40.0 Å². The highest BCUT2D eigenvalue weighted by Crippen LogP contribution is 2.20. The standard InChI is InChI=1S/2C10H9N.C8H8N2.C8H7NO.C8H7NS.2C6H7N.C4H6N2.2C4H5NO.C4H5NS.2C3H4N2S/c1-8-6-7-11-10-5-3-2-4-9(8)10;1-8-6-7-9-4-2-3-5-10(9)11-8;2*1-6-9-7-4-2-3-5-8(7)10-6;1-6-7-4-2-3-5-8(7)9-10-6;1-6-2-4-7-5-3-6;1-6-4-2-3-5-7-6;2*1-4-5-2-3-6-4;2*1-4-2-3-5-6-4;1-3-5-4-2-6-3;1-3-4-2-5-6-3/h2*2-7H,1H3;2-5H,1H3,(H,9,10);2*2-5H,1H3;2*2-5H,1H3;2-3H,1H3,(H,5,6);3*2-3H,1H3;2*2H,1H3. The fraction of sp³-hybridized carbons (Fsp3) is 0.167. The van der Waals surface area contributed by atoms with Crippen molar-refractivity contribution in [2.24, 2.45) is 0 Å². The third-order valence-electron chi connectivity index (χ3n) is 13.0. The van der Waals surface area contributed by atoms with Gasteiger partial charge in [-0.1, -0.05) is 96.2 Å². The number of oxazole rings is 2. The molecule has 522 valence electrons. The summed E-state index contributed by atoms with van der Waals surface area (Å²) >= 11 is 6.07. The largest absolute Gasteiger partial charge is 0.449 e. The molecule has 18 aromatic rings. The van der Waals surface area contributed by atoms with Gasteiger partial charge in [0.2, 0.25) is 0 Å². The molecular formula is C78H83N17O3S4. The number of hydrogen-bond acceptors (Lipinski definition) is 22. The maximum Gasteiger partial charge on any atom is 0.192 e. The molecule has 0 saturated heterocycles. The molecule has 2 N–H and O–H groups in total. The van der Waals surface area contributed by atoms with Gasteiger partial charge in [0.15, 0.2) is 17.4 Å². The van der Waals surface area contributed by atoms with Gasteiger partial charge in [-0.3, -0.25) is 19.9 Å². The number of pyridine rings is 4. The minimum atomic E-state index is 0.718. The molecule has 0 bridgehead atoms. The zero-order valence-electron chi connectivity index (χ0n) is 59.3. The highest BCUT2D eigenvalue weighted by atomic mass is 32.1. The smallest absolute Gasteiger partial charge is 0.192 e. The molecular weight excluding hydrogens is 1350 g/mol. The van der Waals surface area contributed by atoms with E-state index in [4.69, 9.17) is 8.83 Å². The summed E-state index contributed by atoms with van der Waals surface area (Å²) in [5.74, 6) is 4.24. The number of benzene rings is 5. The number of nitrogens with zero attached hydrogens (tertiary/aromatic N) is 15. The molecule has 24 heteroatoms. The second kappa shape index (κ2) is 45.9. The molecule has 13 heterocycles. The van der Waals surface area contributed by atoms with E-state index in [0.29, 0.717) is 0 Å². The lowest BCUT2D eigenvalue weighted by Gasteiger charge is -1.97. The fourth-order valence-electron chi connectivity index (χ4n) is 8.02. The summed E-state index contributed by atoms with van der Waals surface area (Å²) in [6.45, 7) is 25.5. The number of imidazole rings is 2. The lowest BCUT2D eigenvalue weighted by molar-refractivity contribution is 0.397. The molecule has 0 unspecified atom stereocenters. The normalized spacial score (nSPS) is 9.62. The van der Waals surface area contributed by atoms with E-state index >= 15 is 0 Å². The van der Waals surface area contributed by atoms with Crippen LogP contribution in [0.25, 0.3) is 54.8 Å². The van der Waals surface area contributed by atoms with Crippen molar-refractivity contribution in [1.29, 1.82) is 0 Å². The molecule has 13 aromatic heterocycles. The predicted molar refractivity (Wildman–Crippen MR) is 417 cm³/mol. The summed E-state index contributed by atoms with van der Waals surface area (Å²) in [5, 5.41) is 16.5. The third-order valence-corrected chi connectivity index (χ3v) is 15.6. The monoisotopic (exact) mass is 1430 g/mol. The Morgan fingerprint density at radius 1 is 0.431 bits per heavy atom. The van der Waals surface area contributed by atoms with Gasteiger partial charge in [-0.25, -0.2) is 29.3 Å². The summed E-state index contributed by atoms with van der Waals surface area (Å²) < 4.78 is 26.4. The number of fused-ring (bicyclic) bond motifs is 5. The number of nitrogens with one attached hydrogen (secondary N) is 2. The Morgan fingerprint density at radius 2 is 1.14 bits per heavy atom. The molecule has 0 spiro atoms. The summed E-state index contributed by atoms with van der Waals surface area (Å²) in [6, 6.07) is 60.0. The SMILES string of the molecule is Cc1ccc2ccccc2n1.Cc1ccccn1.Cc1ccnc2ccccc12.Cc1ccncc1.Cc1ccno1.Cc1ccns1.Cc1nc2ccccc2[nH]1.Cc1nc2ccccc2o1.Cc1ncc[nH]1.Cc1ncco1.Cc1ncns1.Cc1nncs1.Cc1snc2ccccc12. The van der Waals surface area contributed by atoms with E-state index in [1.165, 1.54) is 60.1 Å². The fourth-order valence-corrected chi connectivity index (χ4v) is 9.78. The maximum absolute atomic E-state index is 5.26. The van der Waals surface area contributed by atoms with Crippen molar-refractivity contribution in [3.8, 4) is 0 Å². The number of aryl methyl sites for hydroxylation is 13. The Hall–Kier alpha value is -11.6. The van der Waals surface area contributed by atoms with Crippen molar-refractivity contribution in [3.63, 3.8) is 0 Å². The molecule has 102 heavy (non-hydrogen) atoms. The van der Waals surface area contributed by atoms with Crippen LogP contribution in [-0.2, 0) is 0 Å². The van der Waals surface area contributed by atoms with Crippen LogP contribution in [-0.4, -0.2) is 83.3 Å². The van der Waals surface area contributed by atoms with Crippen LogP contribution in [0.5, 0.6) is 0 Å². The molecule has 0 aliphatic rings. The minimum Gasteiger partial charge on any atom is -0.449 e. The zero-order valence-corrected chi connectivity index (χ0v) is 62.6. The summed E-state index contributed by atoms with van der Waals surface area (Å²) in [6.07, 6.45) is 18.9. The second-order valence-electron chi connectivity index (χ2n) is 21.5. The average molecular weight is 1430 g/mol. The van der Waals surface area contributed by atoms with Gasteiger partial charge in [-0.15, -0.1) is 21.5 Å². The van der Waals surface area contributed by atoms with Crippen LogP contribution in [0.2, 0.25) is 0 Å². The molecule has 0 atom stereocenters. The Kier molecular flexibility index (Phi) is 35.7. The number of aromatic amines is 2. The van der Waals surface area contributed by atoms with Gasteiger partial charge < -0.3 is 23.3 Å². The highest BCUT2D eigenvalue weighted by Gasteiger charge is 2.00. The predicted octanol–water partition coefficient (Wildman–Crippen LogP) is 20.3. The first kappa shape index (κ1) is 79.4. The Balaban J connectivity index is 0.000000175. The van der Waals surface area contributed by atoms with Crippen LogP contribution in [0.3, 0.4) is 0 Å². The lowest BCUT2D eigenvalue weighted by atomic mass is 10.1. The van der Waals surface area contributed by atoms with E-state index in [-0.39, 0.29) is 0 Å². The number of rotatable bonds is 0. The number of H-pyrrole nitrogens is 2. The molecule has 0 radical (unpaired) electrons. The van der Waals surface area contributed by atoms with E-state index < -0.39 is 0 Å². The number of hydrogen-bond donors (Lipinski definition) is 2. The molecule has 0 aliphatic heterocycles. The molecule has 0 amide bonds. The Morgan fingerprint density at radius 3 is 1.61 bits per heavy atom. The third kappa shape index (κ3) is 32.0. The lowest BCUT2D eigenvalue weighted by Crippen LogP contribution is -1.80. The Bertz CT molecular complexity index is 4610. The van der Waals surface area contributed by atoms with Gasteiger partial charge in [0.1, 0.15) is 51.0 Å². The zero-order chi connectivity index (χ0) is 72.9. The van der Waals surface area contributed by atoms with Crippen molar-refractivity contribution in [3.05, 3.63) is 327 Å². The van der Waals surface area contributed by atoms with E-state index in [1.54, 1.807) is 104 Å². The van der Waals surface area contributed by atoms with Crippen molar-refractivity contribution >= 4 is 101 Å². The van der Waals surface area contributed by atoms with Crippen LogP contribution in [0.4, 0.5) is 0 Å². The molecule has 0 fully saturated rings. The van der Waals surface area contributed by atoms with E-state index in [0.717, 1.165) is 89.3 Å². The van der Waals surface area contributed by atoms with Crippen molar-refractivity contribution < 1.29 is 13.4 Å². The Labute approximate surface area is 610 Å². The minimum absolute atomic E-state index is 0.718. The first-order chi connectivity index (χ1) is 49.5. The summed E-state index contributed by atoms with van der Waals surface area (Å²) in [4.78, 5) is 44.9. The van der Waals surface area contributed by atoms with Gasteiger partial charge in [0.25, 0.3) is 0 Å². The van der Waals surface area contributed by atoms with Gasteiger partial charge in [0, 0.05) is 101 Å². The van der Waals surface area contributed by atoms with Crippen LogP contribution in [0, 0.1) is 90.0 Å². The van der Waals surface area contributed by atoms with Crippen LogP contribution in [0.15, 0.2) is 269 Å². The van der Waals surface area contributed by atoms with E-state index in [1.807, 2.05) is 227 Å². The highest BCUT2D eigenvalue weighted by molar-refractivity contribution is 7.09. The van der Waals surface area contributed by atoms with Gasteiger partial charge in [-0.05, 0) is 207 Å². The van der Waals surface area contributed by atoms with Gasteiger partial charge in [-0.2, -0.15) is 8.75 Å². The maximum atomic E-state index is 5.26. The van der Waals surface area contributed by atoms with Crippen LogP contribution >= 0.6 is 45.9 Å². The molecule has 0 aliphatic carbocycles. The van der Waals surface area contributed by atoms with Crippen LogP contribution < -0.4 is 0 Å². The molecule has 5 aromatic carbocycles. The summed E-state index contributed by atoms with van der Waals surface area (Å²) in [7, 11) is 0. The topological polar surface area (TPSA) is 264 Å². The molecule has 18 rings (SSSR count). The van der Waals surface area contributed by atoms with Crippen molar-refractivity contribution in [2.45, 2.75) is 90.0 Å². The second-order valence-corrected chi connectivity index (χ2v) is 25.5. The van der Waals surface area contributed by atoms with Crippen molar-refractivity contribution in [2.75, 3.05) is 0 Å². The van der Waals surface area contributed by atoms with Crippen molar-refractivity contribution in [1.82, 2.24) is 83.3 Å². The van der Waals surface area contributed by atoms with Crippen LogP contribution in [0.1, 0.15) is 71.5 Å².